The molecule has 10 heteroatoms. The first-order valence-corrected chi connectivity index (χ1v) is 12.9. The number of hydrogen-bond donors (Lipinski definition) is 3. The van der Waals surface area contributed by atoms with Crippen molar-refractivity contribution in [2.75, 3.05) is 45.3 Å². The van der Waals surface area contributed by atoms with Gasteiger partial charge in [-0.25, -0.2) is 13.9 Å². The molecule has 2 aromatic carbocycles. The van der Waals surface area contributed by atoms with Gasteiger partial charge in [0.25, 0.3) is 0 Å². The van der Waals surface area contributed by atoms with Gasteiger partial charge in [-0.1, -0.05) is 37.3 Å². The van der Waals surface area contributed by atoms with Gasteiger partial charge in [-0.3, -0.25) is 10.2 Å². The van der Waals surface area contributed by atoms with Gasteiger partial charge < -0.3 is 19.9 Å². The number of rotatable bonds is 11. The average Bonchev–Trinajstić information content (AvgIpc) is 3.47. The van der Waals surface area contributed by atoms with Crippen LogP contribution in [0.15, 0.2) is 54.6 Å². The van der Waals surface area contributed by atoms with Crippen LogP contribution < -0.4 is 15.4 Å². The van der Waals surface area contributed by atoms with Crippen molar-refractivity contribution in [2.45, 2.75) is 38.3 Å². The van der Waals surface area contributed by atoms with E-state index in [2.05, 4.69) is 20.6 Å². The predicted octanol–water partition coefficient (Wildman–Crippen LogP) is 3.71. The standard InChI is InChI=1S/C28H36FN5O4/c1-4-23(35)18-38-27-19(2)26(34(32-27)22-8-6-5-7-9-22)31-28(36)30-25-17-33(14-15-37-3)16-24(25)20-10-12-21(29)13-11-20/h5-13,23-25,35H,4,14-18H2,1-3H3,(H2,30,31,36)/t23-,24-,25+/m0/s1. The lowest BCUT2D eigenvalue weighted by atomic mass is 9.94. The number of aliphatic hydroxyl groups is 1. The summed E-state index contributed by atoms with van der Waals surface area (Å²) in [6.45, 7) is 6.47. The third-order valence-corrected chi connectivity index (χ3v) is 6.82. The van der Waals surface area contributed by atoms with E-state index in [0.717, 1.165) is 24.3 Å². The quantitative estimate of drug-likeness (QED) is 0.353. The summed E-state index contributed by atoms with van der Waals surface area (Å²) in [5, 5.41) is 20.6. The second-order valence-corrected chi connectivity index (χ2v) is 9.51. The third-order valence-electron chi connectivity index (χ3n) is 6.82. The Morgan fingerprint density at radius 1 is 1.18 bits per heavy atom. The van der Waals surface area contributed by atoms with E-state index in [9.17, 15) is 14.3 Å². The number of carbonyl (C=O) groups is 1. The first kappa shape index (κ1) is 27.6. The smallest absolute Gasteiger partial charge is 0.320 e. The molecule has 4 rings (SSSR count). The van der Waals surface area contributed by atoms with Crippen LogP contribution >= 0.6 is 0 Å². The van der Waals surface area contributed by atoms with Crippen LogP contribution in [0.5, 0.6) is 5.88 Å². The number of aromatic nitrogens is 2. The highest BCUT2D eigenvalue weighted by Crippen LogP contribution is 2.30. The SMILES string of the molecule is CC[C@H](O)COc1nn(-c2ccccc2)c(NC(=O)N[C@@H]2CN(CCOC)C[C@H]2c2ccc(F)cc2)c1C. The van der Waals surface area contributed by atoms with Crippen LogP contribution in [0.4, 0.5) is 15.0 Å². The summed E-state index contributed by atoms with van der Waals surface area (Å²) in [5.74, 6) is 0.516. The Hall–Kier alpha value is -3.47. The van der Waals surface area contributed by atoms with Crippen LogP contribution in [0.3, 0.4) is 0 Å². The number of amides is 2. The molecule has 2 heterocycles. The van der Waals surface area contributed by atoms with Gasteiger partial charge in [-0.05, 0) is 43.2 Å². The van der Waals surface area contributed by atoms with Crippen LogP contribution in [0.25, 0.3) is 5.69 Å². The molecular formula is C28H36FN5O4. The molecule has 2 amide bonds. The fraction of sp³-hybridized carbons (Fsp3) is 0.429. The molecule has 1 aliphatic heterocycles. The maximum atomic E-state index is 13.6. The minimum Gasteiger partial charge on any atom is -0.474 e. The van der Waals surface area contributed by atoms with Gasteiger partial charge in [0.1, 0.15) is 18.2 Å². The molecule has 1 aromatic heterocycles. The highest BCUT2D eigenvalue weighted by atomic mass is 19.1. The monoisotopic (exact) mass is 525 g/mol. The van der Waals surface area contributed by atoms with Crippen molar-refractivity contribution in [3.8, 4) is 11.6 Å². The van der Waals surface area contributed by atoms with E-state index in [4.69, 9.17) is 9.47 Å². The first-order valence-electron chi connectivity index (χ1n) is 12.9. The second-order valence-electron chi connectivity index (χ2n) is 9.51. The van der Waals surface area contributed by atoms with Crippen molar-refractivity contribution in [1.29, 1.82) is 0 Å². The number of halogens is 1. The molecule has 9 nitrogen and oxygen atoms in total. The van der Waals surface area contributed by atoms with Crippen LogP contribution in [-0.4, -0.2) is 77.9 Å². The summed E-state index contributed by atoms with van der Waals surface area (Å²) in [6.07, 6.45) is -0.0490. The zero-order chi connectivity index (χ0) is 27.1. The lowest BCUT2D eigenvalue weighted by molar-refractivity contribution is 0.101. The van der Waals surface area contributed by atoms with Gasteiger partial charge in [-0.15, -0.1) is 5.10 Å². The molecule has 0 saturated carbocycles. The highest BCUT2D eigenvalue weighted by molar-refractivity contribution is 5.90. The van der Waals surface area contributed by atoms with Gasteiger partial charge in [0, 0.05) is 32.7 Å². The highest BCUT2D eigenvalue weighted by Gasteiger charge is 2.35. The van der Waals surface area contributed by atoms with Gasteiger partial charge in [-0.2, -0.15) is 0 Å². The minimum absolute atomic E-state index is 0.00670. The van der Waals surface area contributed by atoms with E-state index in [1.54, 1.807) is 23.9 Å². The number of nitrogens with zero attached hydrogens (tertiary/aromatic N) is 3. The number of urea groups is 1. The first-order chi connectivity index (χ1) is 18.4. The van der Waals surface area contributed by atoms with Crippen LogP contribution in [-0.2, 0) is 4.74 Å². The third kappa shape index (κ3) is 6.69. The number of hydrogen-bond acceptors (Lipinski definition) is 6. The molecule has 204 valence electrons. The molecule has 0 radical (unpaired) electrons. The van der Waals surface area contributed by atoms with E-state index < -0.39 is 6.10 Å². The molecule has 0 aliphatic carbocycles. The number of carbonyl (C=O) groups excluding carboxylic acids is 1. The van der Waals surface area contributed by atoms with Gasteiger partial charge in [0.15, 0.2) is 0 Å². The molecular weight excluding hydrogens is 489 g/mol. The van der Waals surface area contributed by atoms with Crippen molar-refractivity contribution < 1.29 is 23.8 Å². The van der Waals surface area contributed by atoms with E-state index in [1.165, 1.54) is 12.1 Å². The zero-order valence-corrected chi connectivity index (χ0v) is 22.1. The summed E-state index contributed by atoms with van der Waals surface area (Å²) < 4.78 is 26.2. The van der Waals surface area contributed by atoms with Crippen molar-refractivity contribution in [3.05, 3.63) is 71.5 Å². The Balaban J connectivity index is 1.54. The molecule has 0 unspecified atom stereocenters. The van der Waals surface area contributed by atoms with E-state index in [1.807, 2.05) is 44.2 Å². The van der Waals surface area contributed by atoms with Crippen molar-refractivity contribution in [2.24, 2.45) is 0 Å². The lowest BCUT2D eigenvalue weighted by Crippen LogP contribution is -2.42. The molecule has 3 N–H and O–H groups in total. The Morgan fingerprint density at radius 3 is 2.61 bits per heavy atom. The second kappa shape index (κ2) is 12.9. The Morgan fingerprint density at radius 2 is 1.92 bits per heavy atom. The van der Waals surface area contributed by atoms with Crippen LogP contribution in [0.1, 0.15) is 30.4 Å². The van der Waals surface area contributed by atoms with E-state index in [0.29, 0.717) is 36.8 Å². The number of aliphatic hydroxyl groups excluding tert-OH is 1. The number of benzene rings is 2. The summed E-state index contributed by atoms with van der Waals surface area (Å²) in [4.78, 5) is 15.6. The maximum absolute atomic E-state index is 13.6. The van der Waals surface area contributed by atoms with Crippen molar-refractivity contribution >= 4 is 11.8 Å². The molecule has 3 aromatic rings. The Kier molecular flexibility index (Phi) is 9.33. The molecule has 38 heavy (non-hydrogen) atoms. The predicted molar refractivity (Wildman–Crippen MR) is 143 cm³/mol. The Bertz CT molecular complexity index is 1190. The number of nitrogens with one attached hydrogen (secondary N) is 2. The van der Waals surface area contributed by atoms with Gasteiger partial charge in [0.05, 0.1) is 30.0 Å². The van der Waals surface area contributed by atoms with Gasteiger partial charge in [0.2, 0.25) is 5.88 Å². The fourth-order valence-electron chi connectivity index (χ4n) is 4.60. The average molecular weight is 526 g/mol. The normalized spacial score (nSPS) is 18.3. The van der Waals surface area contributed by atoms with Crippen LogP contribution in [0.2, 0.25) is 0 Å². The van der Waals surface area contributed by atoms with Crippen LogP contribution in [0, 0.1) is 12.7 Å². The summed E-state index contributed by atoms with van der Waals surface area (Å²) in [7, 11) is 1.66. The summed E-state index contributed by atoms with van der Waals surface area (Å²) >= 11 is 0. The van der Waals surface area contributed by atoms with Gasteiger partial charge >= 0.3 is 6.03 Å². The molecule has 3 atom stereocenters. The maximum Gasteiger partial charge on any atom is 0.320 e. The summed E-state index contributed by atoms with van der Waals surface area (Å²) in [5.41, 5.74) is 2.37. The number of methoxy groups -OCH3 is 1. The molecule has 0 bridgehead atoms. The summed E-state index contributed by atoms with van der Waals surface area (Å²) in [6, 6.07) is 15.3. The Labute approximate surface area is 222 Å². The molecule has 1 aliphatic rings. The van der Waals surface area contributed by atoms with Crippen molar-refractivity contribution in [1.82, 2.24) is 20.0 Å². The largest absolute Gasteiger partial charge is 0.474 e. The van der Waals surface area contributed by atoms with E-state index >= 15 is 0 Å². The molecule has 1 saturated heterocycles. The number of anilines is 1. The minimum atomic E-state index is -0.609. The molecule has 1 fully saturated rings. The fourth-order valence-corrected chi connectivity index (χ4v) is 4.60. The molecule has 0 spiro atoms. The van der Waals surface area contributed by atoms with Crippen molar-refractivity contribution in [3.63, 3.8) is 0 Å². The number of ether oxygens (including phenoxy) is 2. The number of para-hydroxylation sites is 1. The topological polar surface area (TPSA) is 101 Å². The lowest BCUT2D eigenvalue weighted by Gasteiger charge is -2.21. The van der Waals surface area contributed by atoms with E-state index in [-0.39, 0.29) is 30.4 Å². The number of likely N-dealkylation sites (tertiary alicyclic amines) is 1. The zero-order valence-electron chi connectivity index (χ0n) is 22.1.